The largest absolute Gasteiger partial charge is 0.508 e. The zero-order valence-corrected chi connectivity index (χ0v) is 18.4. The molecule has 1 aliphatic rings. The highest BCUT2D eigenvalue weighted by Gasteiger charge is 2.48. The van der Waals surface area contributed by atoms with E-state index in [-0.39, 0.29) is 32.4 Å². The number of amides is 1. The predicted molar refractivity (Wildman–Crippen MR) is 124 cm³/mol. The molecule has 4 aromatic rings. The fraction of sp³-hybridized carbons (Fsp3) is 0.0800. The molecule has 6 nitrogen and oxygen atoms in total. The molecule has 34 heavy (non-hydrogen) atoms. The first-order valence-corrected chi connectivity index (χ1v) is 11.0. The van der Waals surface area contributed by atoms with Crippen LogP contribution in [0.15, 0.2) is 66.2 Å². The first-order valence-electron chi connectivity index (χ1n) is 10.2. The topological polar surface area (TPSA) is 90.7 Å². The number of aromatic hydroxyl groups is 1. The highest BCUT2D eigenvalue weighted by atomic mass is 32.1. The van der Waals surface area contributed by atoms with E-state index in [2.05, 4.69) is 4.98 Å². The molecule has 1 fully saturated rings. The van der Waals surface area contributed by atoms with E-state index in [1.807, 2.05) is 6.92 Å². The lowest BCUT2D eigenvalue weighted by molar-refractivity contribution is -0.132. The maximum atomic E-state index is 14.3. The molecule has 0 bridgehead atoms. The van der Waals surface area contributed by atoms with Gasteiger partial charge in [-0.3, -0.25) is 14.5 Å². The number of rotatable bonds is 3. The lowest BCUT2D eigenvalue weighted by Crippen LogP contribution is -2.29. The van der Waals surface area contributed by atoms with Gasteiger partial charge in [0.25, 0.3) is 5.78 Å². The van der Waals surface area contributed by atoms with E-state index in [4.69, 9.17) is 0 Å². The van der Waals surface area contributed by atoms with E-state index in [1.54, 1.807) is 24.3 Å². The molecule has 2 heterocycles. The molecule has 1 aromatic heterocycles. The number of nitrogens with zero attached hydrogens (tertiary/aromatic N) is 2. The molecule has 9 heteroatoms. The Morgan fingerprint density at radius 3 is 2.38 bits per heavy atom. The number of halogens is 2. The number of anilines is 1. The third-order valence-corrected chi connectivity index (χ3v) is 6.59. The number of aromatic nitrogens is 1. The van der Waals surface area contributed by atoms with Gasteiger partial charge in [0, 0.05) is 11.6 Å². The van der Waals surface area contributed by atoms with Crippen molar-refractivity contribution in [2.45, 2.75) is 13.0 Å². The van der Waals surface area contributed by atoms with Crippen LogP contribution in [0.4, 0.5) is 13.9 Å². The fourth-order valence-electron chi connectivity index (χ4n) is 3.92. The highest BCUT2D eigenvalue weighted by Crippen LogP contribution is 2.44. The summed E-state index contributed by atoms with van der Waals surface area (Å²) in [4.78, 5) is 31.5. The number of aliphatic hydroxyl groups is 1. The lowest BCUT2D eigenvalue weighted by atomic mass is 9.95. The minimum Gasteiger partial charge on any atom is -0.508 e. The van der Waals surface area contributed by atoms with Gasteiger partial charge in [0.2, 0.25) is 0 Å². The van der Waals surface area contributed by atoms with Crippen LogP contribution in [0.25, 0.3) is 16.0 Å². The minimum atomic E-state index is -1.10. The Kier molecular flexibility index (Phi) is 5.13. The van der Waals surface area contributed by atoms with E-state index >= 15 is 0 Å². The van der Waals surface area contributed by atoms with Crippen LogP contribution in [0, 0.1) is 18.6 Å². The molecule has 170 valence electrons. The summed E-state index contributed by atoms with van der Waals surface area (Å²) < 4.78 is 28.2. The Bertz CT molecular complexity index is 1490. The number of hydrogen-bond acceptors (Lipinski definition) is 6. The first-order chi connectivity index (χ1) is 16.2. The SMILES string of the molecule is Cc1ccc(/C(O)=C2\C(=O)C(=O)N(c3nc4c(F)cc(F)cc4s3)C2c2ccc(O)cc2)cc1. The molecule has 1 amide bonds. The van der Waals surface area contributed by atoms with Crippen molar-refractivity contribution in [3.63, 3.8) is 0 Å². The number of aryl methyl sites for hydroxylation is 1. The standard InChI is InChI=1S/C25H16F2N2O4S/c1-12-2-4-14(5-3-12)22(31)19-21(13-6-8-16(30)9-7-13)29(24(33)23(19)32)25-28-20-17(27)10-15(26)11-18(20)34-25/h2-11,21,30-31H,1H3/b22-19+. The van der Waals surface area contributed by atoms with Crippen molar-refractivity contribution in [1.82, 2.24) is 4.98 Å². The lowest BCUT2D eigenvalue weighted by Gasteiger charge is -2.23. The van der Waals surface area contributed by atoms with E-state index < -0.39 is 29.4 Å². The van der Waals surface area contributed by atoms with E-state index in [9.17, 15) is 28.6 Å². The number of thiazole rings is 1. The third-order valence-electron chi connectivity index (χ3n) is 5.59. The number of carbonyl (C=O) groups excluding carboxylic acids is 2. The van der Waals surface area contributed by atoms with E-state index in [1.165, 1.54) is 24.3 Å². The molecule has 2 N–H and O–H groups in total. The maximum absolute atomic E-state index is 14.3. The number of Topliss-reactive ketones (excluding diaryl/α,β-unsaturated/α-hetero) is 1. The molecular formula is C25H16F2N2O4S. The molecule has 3 aromatic carbocycles. The second-order valence-corrected chi connectivity index (χ2v) is 8.87. The number of fused-ring (bicyclic) bond motifs is 1. The normalized spacial score (nSPS) is 17.6. The maximum Gasteiger partial charge on any atom is 0.301 e. The van der Waals surface area contributed by atoms with Gasteiger partial charge in [-0.1, -0.05) is 53.3 Å². The summed E-state index contributed by atoms with van der Waals surface area (Å²) in [6.07, 6.45) is 0. The fourth-order valence-corrected chi connectivity index (χ4v) is 4.95. The van der Waals surface area contributed by atoms with Crippen LogP contribution in [-0.2, 0) is 9.59 Å². The summed E-state index contributed by atoms with van der Waals surface area (Å²) >= 11 is 0.850. The van der Waals surface area contributed by atoms with Gasteiger partial charge in [0.05, 0.1) is 16.3 Å². The summed E-state index contributed by atoms with van der Waals surface area (Å²) in [5, 5.41) is 20.8. The third kappa shape index (κ3) is 3.50. The first kappa shape index (κ1) is 21.7. The van der Waals surface area contributed by atoms with Gasteiger partial charge < -0.3 is 10.2 Å². The number of phenols is 1. The van der Waals surface area contributed by atoms with Gasteiger partial charge in [-0.25, -0.2) is 13.8 Å². The van der Waals surface area contributed by atoms with Crippen LogP contribution < -0.4 is 4.90 Å². The summed E-state index contributed by atoms with van der Waals surface area (Å²) in [6.45, 7) is 1.87. The van der Waals surface area contributed by atoms with Crippen molar-refractivity contribution in [1.29, 1.82) is 0 Å². The van der Waals surface area contributed by atoms with Gasteiger partial charge in [0.1, 0.15) is 22.8 Å². The highest BCUT2D eigenvalue weighted by molar-refractivity contribution is 7.22. The average Bonchev–Trinajstić information content (AvgIpc) is 3.33. The molecule has 1 saturated heterocycles. The van der Waals surface area contributed by atoms with Gasteiger partial charge in [-0.05, 0) is 30.7 Å². The Morgan fingerprint density at radius 2 is 1.71 bits per heavy atom. The van der Waals surface area contributed by atoms with Gasteiger partial charge >= 0.3 is 5.91 Å². The number of phenolic OH excluding ortho intramolecular Hbond substituents is 1. The van der Waals surface area contributed by atoms with Gasteiger partial charge in [0.15, 0.2) is 10.9 Å². The zero-order chi connectivity index (χ0) is 24.1. The van der Waals surface area contributed by atoms with Crippen LogP contribution in [0.1, 0.15) is 22.7 Å². The minimum absolute atomic E-state index is 0.0253. The second kappa shape index (κ2) is 8.03. The molecule has 5 rings (SSSR count). The molecule has 1 aliphatic heterocycles. The number of ketones is 1. The zero-order valence-electron chi connectivity index (χ0n) is 17.6. The van der Waals surface area contributed by atoms with Crippen LogP contribution in [0.2, 0.25) is 0 Å². The van der Waals surface area contributed by atoms with E-state index in [0.29, 0.717) is 17.2 Å². The van der Waals surface area contributed by atoms with Crippen molar-refractivity contribution >= 4 is 44.1 Å². The summed E-state index contributed by atoms with van der Waals surface area (Å²) in [5.74, 6) is -4.01. The second-order valence-electron chi connectivity index (χ2n) is 7.86. The molecule has 0 spiro atoms. The molecular weight excluding hydrogens is 462 g/mol. The molecule has 0 radical (unpaired) electrons. The molecule has 0 aliphatic carbocycles. The Hall–Kier alpha value is -4.11. The van der Waals surface area contributed by atoms with E-state index in [0.717, 1.165) is 27.9 Å². The Morgan fingerprint density at radius 1 is 1.03 bits per heavy atom. The average molecular weight is 478 g/mol. The summed E-state index contributed by atoms with van der Waals surface area (Å²) in [6, 6.07) is 13.2. The molecule has 1 atom stereocenters. The summed E-state index contributed by atoms with van der Waals surface area (Å²) in [5.41, 5.74) is 1.38. The van der Waals surface area contributed by atoms with Crippen molar-refractivity contribution in [3.05, 3.63) is 94.6 Å². The van der Waals surface area contributed by atoms with Crippen LogP contribution in [0.5, 0.6) is 5.75 Å². The van der Waals surface area contributed by atoms with Crippen molar-refractivity contribution in [3.8, 4) is 5.75 Å². The number of aliphatic hydroxyl groups excluding tert-OH is 1. The van der Waals surface area contributed by atoms with Gasteiger partial charge in [-0.2, -0.15) is 0 Å². The number of carbonyl (C=O) groups is 2. The Balaban J connectivity index is 1.74. The van der Waals surface area contributed by atoms with Crippen LogP contribution in [-0.4, -0.2) is 26.9 Å². The van der Waals surface area contributed by atoms with Crippen molar-refractivity contribution in [2.24, 2.45) is 0 Å². The quantitative estimate of drug-likeness (QED) is 0.240. The van der Waals surface area contributed by atoms with Crippen molar-refractivity contribution in [2.75, 3.05) is 4.90 Å². The van der Waals surface area contributed by atoms with Gasteiger partial charge in [-0.15, -0.1) is 0 Å². The monoisotopic (exact) mass is 478 g/mol. The Labute approximate surface area is 196 Å². The predicted octanol–water partition coefficient (Wildman–Crippen LogP) is 5.21. The van der Waals surface area contributed by atoms with Crippen LogP contribution in [0.3, 0.4) is 0 Å². The number of benzene rings is 3. The van der Waals surface area contributed by atoms with Crippen LogP contribution >= 0.6 is 11.3 Å². The summed E-state index contributed by atoms with van der Waals surface area (Å²) in [7, 11) is 0. The number of hydrogen-bond donors (Lipinski definition) is 2. The molecule has 1 unspecified atom stereocenters. The van der Waals surface area contributed by atoms with Crippen molar-refractivity contribution < 1.29 is 28.6 Å². The smallest absolute Gasteiger partial charge is 0.301 e. The molecule has 0 saturated carbocycles.